The van der Waals surface area contributed by atoms with E-state index in [9.17, 15) is 57.5 Å². The molecule has 6 aliphatic heterocycles. The molecular formula is C73H146O24. The van der Waals surface area contributed by atoms with Gasteiger partial charge in [0.2, 0.25) is 18.3 Å². The largest absolute Gasteiger partial charge is 0.463 e. The van der Waals surface area contributed by atoms with Crippen LogP contribution in [0.4, 0.5) is 0 Å². The zero-order chi connectivity index (χ0) is 65.4. The first-order valence-corrected chi connectivity index (χ1v) is 29.5. The van der Waals surface area contributed by atoms with Gasteiger partial charge in [0, 0.05) is 17.8 Å². The van der Waals surface area contributed by atoms with Crippen molar-refractivity contribution in [3.05, 3.63) is 0 Å². The van der Waals surface area contributed by atoms with Gasteiger partial charge in [-0.1, -0.05) is 165 Å². The van der Waals surface area contributed by atoms with Crippen LogP contribution in [0.25, 0.3) is 0 Å². The fourth-order valence-corrected chi connectivity index (χ4v) is 6.61. The molecule has 6 fully saturated rings. The SMILES string of the molecule is C.C.C.C.C.C.C.C.C.C.C.C.CCC(C)(C)C(=O)OC1C(=O)OCC1(C)C.CCC(C)(C)C(=O)OC1C(=O)OCC1C.CCC(C)(C)C(=O)OC1COC(=O)C1.CCC(C)(C)C(=O)OC1COC(=O)C1.CCC(C)C(=O)OC1CCOC1=O.CCC(C)C(=O)OC1COC(=O)C1. The molecule has 24 heteroatoms. The van der Waals surface area contributed by atoms with Gasteiger partial charge in [0.1, 0.15) is 44.7 Å². The molecule has 0 bridgehead atoms. The van der Waals surface area contributed by atoms with Gasteiger partial charge >= 0.3 is 71.6 Å². The molecule has 582 valence electrons. The first kappa shape index (κ1) is 118. The number of rotatable bonds is 18. The van der Waals surface area contributed by atoms with Gasteiger partial charge in [-0.2, -0.15) is 0 Å². The van der Waals surface area contributed by atoms with E-state index in [1.54, 1.807) is 27.7 Å². The first-order valence-electron chi connectivity index (χ1n) is 29.5. The standard InChI is InChI=1S/C12H20O4.C11H18O4.2C10H16O4.2C9H14O4.12CH4/c1-6-11(2,3)10(14)16-8-9(13)15-7-12(8,4)5;1-5-11(3,4)10(13)15-8-7(2)6-14-9(8)12;2*1-4-10(2,3)9(12)14-7-5-8(11)13-6-7;1-3-6(2)9(11)13-7-4-8(10)12-5-7;1-3-6(2)8(10)13-7-4-5-12-9(7)11;;;;;;;;;;;;/h8H,6-7H2,1-5H3;7-8H,5-6H2,1-4H3;2*7H,4-6H2,1-3H3;2*6-7H,3-5H2,1-2H3;12*1H4. The van der Waals surface area contributed by atoms with Crippen LogP contribution in [0.15, 0.2) is 0 Å². The highest BCUT2D eigenvalue weighted by atomic mass is 16.6. The Morgan fingerprint density at radius 1 is 0.423 bits per heavy atom. The lowest BCUT2D eigenvalue weighted by Crippen LogP contribution is -2.39. The molecule has 6 heterocycles. The van der Waals surface area contributed by atoms with Gasteiger partial charge < -0.3 is 56.8 Å². The molecule has 0 saturated carbocycles. The Balaban J connectivity index is -0.0000000873. The number of esters is 12. The number of hydrogen-bond donors (Lipinski definition) is 0. The van der Waals surface area contributed by atoms with Crippen molar-refractivity contribution in [3.8, 4) is 0 Å². The smallest absolute Gasteiger partial charge is 0.348 e. The molecule has 0 N–H and O–H groups in total. The first-order chi connectivity index (χ1) is 39.3. The maximum atomic E-state index is 11.9. The molecule has 6 aliphatic rings. The van der Waals surface area contributed by atoms with Gasteiger partial charge in [0.05, 0.1) is 66.0 Å². The van der Waals surface area contributed by atoms with E-state index in [2.05, 4.69) is 9.47 Å². The van der Waals surface area contributed by atoms with Crippen LogP contribution in [-0.4, -0.2) is 148 Å². The summed E-state index contributed by atoms with van der Waals surface area (Å²) in [6, 6.07) is 0. The molecule has 0 aliphatic carbocycles. The minimum Gasteiger partial charge on any atom is -0.463 e. The maximum absolute atomic E-state index is 11.9. The second-order valence-corrected chi connectivity index (χ2v) is 25.0. The van der Waals surface area contributed by atoms with E-state index in [0.29, 0.717) is 51.9 Å². The Labute approximate surface area is 589 Å². The molecule has 0 aromatic rings. The van der Waals surface area contributed by atoms with E-state index in [1.165, 1.54) is 0 Å². The van der Waals surface area contributed by atoms with Crippen molar-refractivity contribution in [3.63, 3.8) is 0 Å². The lowest BCUT2D eigenvalue weighted by molar-refractivity contribution is -0.170. The van der Waals surface area contributed by atoms with Crippen LogP contribution in [0.2, 0.25) is 0 Å². The molecule has 6 saturated heterocycles. The Bertz CT molecular complexity index is 2250. The van der Waals surface area contributed by atoms with Gasteiger partial charge in [0.25, 0.3) is 0 Å². The fraction of sp³-hybridized carbons (Fsp3) is 0.836. The predicted molar refractivity (Wildman–Crippen MR) is 382 cm³/mol. The van der Waals surface area contributed by atoms with Crippen LogP contribution in [-0.2, 0) is 114 Å². The summed E-state index contributed by atoms with van der Waals surface area (Å²) in [6.45, 7) is 36.8. The molecule has 9 atom stereocenters. The molecule has 0 aromatic carbocycles. The monoisotopic (exact) mass is 1410 g/mol. The van der Waals surface area contributed by atoms with Gasteiger partial charge in [0.15, 0.2) is 0 Å². The van der Waals surface area contributed by atoms with E-state index in [1.807, 2.05) is 104 Å². The quantitative estimate of drug-likeness (QED) is 0.0909. The minimum absolute atomic E-state index is 0. The van der Waals surface area contributed by atoms with Crippen molar-refractivity contribution in [2.75, 3.05) is 39.6 Å². The molecular weight excluding hydrogens is 1260 g/mol. The molecule has 24 nitrogen and oxygen atoms in total. The van der Waals surface area contributed by atoms with Crippen molar-refractivity contribution in [2.24, 2.45) is 44.8 Å². The highest BCUT2D eigenvalue weighted by Crippen LogP contribution is 2.34. The fourth-order valence-electron chi connectivity index (χ4n) is 6.61. The highest BCUT2D eigenvalue weighted by molar-refractivity contribution is 5.85. The number of carbonyl (C=O) groups is 12. The van der Waals surface area contributed by atoms with Crippen molar-refractivity contribution in [2.45, 2.75) is 322 Å². The van der Waals surface area contributed by atoms with Crippen molar-refractivity contribution in [1.29, 1.82) is 0 Å². The van der Waals surface area contributed by atoms with Crippen LogP contribution >= 0.6 is 0 Å². The summed E-state index contributed by atoms with van der Waals surface area (Å²) in [7, 11) is 0. The average molecular weight is 1410 g/mol. The summed E-state index contributed by atoms with van der Waals surface area (Å²) >= 11 is 0. The molecule has 0 aromatic heterocycles. The van der Waals surface area contributed by atoms with Crippen molar-refractivity contribution in [1.82, 2.24) is 0 Å². The Kier molecular flexibility index (Phi) is 65.1. The minimum atomic E-state index is -0.772. The molecule has 6 rings (SSSR count). The van der Waals surface area contributed by atoms with Gasteiger partial charge in [-0.25, -0.2) is 14.4 Å². The van der Waals surface area contributed by atoms with Crippen LogP contribution < -0.4 is 0 Å². The third-order valence-corrected chi connectivity index (χ3v) is 15.4. The Morgan fingerprint density at radius 2 is 0.742 bits per heavy atom. The van der Waals surface area contributed by atoms with E-state index in [0.717, 1.165) is 12.8 Å². The van der Waals surface area contributed by atoms with E-state index in [-0.39, 0.29) is 218 Å². The van der Waals surface area contributed by atoms with Crippen LogP contribution in [0, 0.1) is 44.8 Å². The van der Waals surface area contributed by atoms with Crippen LogP contribution in [0.3, 0.4) is 0 Å². The number of hydrogen-bond acceptors (Lipinski definition) is 24. The molecule has 9 unspecified atom stereocenters. The Morgan fingerprint density at radius 3 is 1.00 bits per heavy atom. The second kappa shape index (κ2) is 53.6. The van der Waals surface area contributed by atoms with E-state index >= 15 is 0 Å². The zero-order valence-electron chi connectivity index (χ0n) is 53.8. The third kappa shape index (κ3) is 39.7. The molecule has 0 radical (unpaired) electrons. The van der Waals surface area contributed by atoms with Crippen LogP contribution in [0.1, 0.15) is 285 Å². The summed E-state index contributed by atoms with van der Waals surface area (Å²) in [5.41, 5.74) is -2.49. The summed E-state index contributed by atoms with van der Waals surface area (Å²) < 4.78 is 59.2. The number of cyclic esters (lactones) is 6. The molecule has 97 heavy (non-hydrogen) atoms. The normalized spacial score (nSPS) is 20.8. The number of carbonyl (C=O) groups excluding carboxylic acids is 12. The lowest BCUT2D eigenvalue weighted by atomic mass is 9.88. The van der Waals surface area contributed by atoms with Gasteiger partial charge in [-0.05, 0) is 93.9 Å². The summed E-state index contributed by atoms with van der Waals surface area (Å²) in [6.07, 6.45) is 2.02. The second-order valence-electron chi connectivity index (χ2n) is 25.0. The zero-order valence-corrected chi connectivity index (χ0v) is 53.8. The van der Waals surface area contributed by atoms with E-state index in [4.69, 9.17) is 47.4 Å². The van der Waals surface area contributed by atoms with E-state index < -0.39 is 63.3 Å². The Hall–Kier alpha value is -6.36. The summed E-state index contributed by atoms with van der Waals surface area (Å²) in [4.78, 5) is 135. The summed E-state index contributed by atoms with van der Waals surface area (Å²) in [5.74, 6) is -4.21. The maximum Gasteiger partial charge on any atom is 0.348 e. The van der Waals surface area contributed by atoms with Crippen molar-refractivity contribution >= 4 is 71.6 Å². The molecule has 0 spiro atoms. The number of ether oxygens (including phenoxy) is 12. The highest BCUT2D eigenvalue weighted by Gasteiger charge is 2.48. The summed E-state index contributed by atoms with van der Waals surface area (Å²) in [5, 5.41) is 0. The van der Waals surface area contributed by atoms with Gasteiger partial charge in [-0.3, -0.25) is 43.2 Å². The third-order valence-electron chi connectivity index (χ3n) is 15.4. The average Bonchev–Trinajstić information content (AvgIpc) is 2.06. The topological polar surface area (TPSA) is 316 Å². The van der Waals surface area contributed by atoms with Crippen molar-refractivity contribution < 1.29 is 114 Å². The lowest BCUT2D eigenvalue weighted by Gasteiger charge is -2.27. The molecule has 0 amide bonds. The predicted octanol–water partition coefficient (Wildman–Crippen LogP) is 15.4. The van der Waals surface area contributed by atoms with Gasteiger partial charge in [-0.15, -0.1) is 0 Å². The van der Waals surface area contributed by atoms with Crippen LogP contribution in [0.5, 0.6) is 0 Å².